The van der Waals surface area contributed by atoms with Gasteiger partial charge in [0.05, 0.1) is 18.0 Å². The first-order valence-electron chi connectivity index (χ1n) is 21.3. The molecule has 1 atom stereocenters. The number of ether oxygens (including phenoxy) is 2. The van der Waals surface area contributed by atoms with Gasteiger partial charge in [-0.2, -0.15) is 4.98 Å². The number of amides is 5. The standard InChI is InChI=1S/C47H53N9O8S/c1-30-26-49-45(54-42(30)51-34-9-5-10-36(25-34)65(61,62)55-47(2,3)4)52-33-19-21-35(22-20-33)63-24-8-23-48-46(60)50-27-31-15-17-32(18-16-31)29-64-40-13-6-11-37-38(40)28-56(44(37)59)39-12-7-14-41(57)53-43(39)58/h5-6,9-11,13,15-22,25-26,39,55H,7-8,12,14,23-24,27-29H2,1-4H3,(H2,48,50,60)(H,53,57,58)(H2,49,51,52,54)/t39-/m0/s1. The number of nitrogens with zero attached hydrogens (tertiary/aromatic N) is 3. The number of aromatic nitrogens is 2. The lowest BCUT2D eigenvalue weighted by atomic mass is 10.1. The van der Waals surface area contributed by atoms with E-state index in [1.165, 1.54) is 4.90 Å². The maximum atomic E-state index is 13.2. The maximum absolute atomic E-state index is 13.2. The van der Waals surface area contributed by atoms with E-state index >= 15 is 0 Å². The smallest absolute Gasteiger partial charge is 0.315 e. The lowest BCUT2D eigenvalue weighted by Gasteiger charge is -2.24. The average molecular weight is 904 g/mol. The topological polar surface area (TPSA) is 222 Å². The molecular formula is C47H53N9O8S. The van der Waals surface area contributed by atoms with Crippen molar-refractivity contribution in [1.82, 2.24) is 35.5 Å². The summed E-state index contributed by atoms with van der Waals surface area (Å²) in [7, 11) is -3.72. The molecule has 1 aromatic heterocycles. The number of rotatable bonds is 17. The average Bonchev–Trinajstić information content (AvgIpc) is 3.50. The maximum Gasteiger partial charge on any atom is 0.315 e. The number of aryl methyl sites for hydroxylation is 1. The van der Waals surface area contributed by atoms with E-state index in [2.05, 4.69) is 41.3 Å². The van der Waals surface area contributed by atoms with Crippen LogP contribution in [0.4, 0.5) is 27.9 Å². The number of imide groups is 1. The lowest BCUT2D eigenvalue weighted by molar-refractivity contribution is -0.132. The van der Waals surface area contributed by atoms with E-state index in [4.69, 9.17) is 9.47 Å². The number of sulfonamides is 1. The highest BCUT2D eigenvalue weighted by Gasteiger charge is 2.39. The minimum absolute atomic E-state index is 0.140. The van der Waals surface area contributed by atoms with Gasteiger partial charge in [0.1, 0.15) is 30.0 Å². The Morgan fingerprint density at radius 1 is 0.892 bits per heavy atom. The molecule has 0 unspecified atom stereocenters. The quantitative estimate of drug-likeness (QED) is 0.0444. The Morgan fingerprint density at radius 3 is 2.42 bits per heavy atom. The largest absolute Gasteiger partial charge is 0.494 e. The number of carbonyl (C=O) groups is 4. The molecule has 1 fully saturated rings. The predicted octanol–water partition coefficient (Wildman–Crippen LogP) is 6.35. The van der Waals surface area contributed by atoms with Gasteiger partial charge in [0.2, 0.25) is 27.8 Å². The third kappa shape index (κ3) is 12.4. The second-order valence-corrected chi connectivity index (χ2v) is 18.5. The summed E-state index contributed by atoms with van der Waals surface area (Å²) in [4.78, 5) is 60.8. The first-order valence-corrected chi connectivity index (χ1v) is 22.8. The Balaban J connectivity index is 0.798. The van der Waals surface area contributed by atoms with E-state index in [0.717, 1.165) is 27.9 Å². The minimum Gasteiger partial charge on any atom is -0.494 e. The molecule has 5 amide bonds. The van der Waals surface area contributed by atoms with Gasteiger partial charge in [0.15, 0.2) is 0 Å². The first kappa shape index (κ1) is 46.0. The Morgan fingerprint density at radius 2 is 1.65 bits per heavy atom. The highest BCUT2D eigenvalue weighted by atomic mass is 32.2. The van der Waals surface area contributed by atoms with Crippen LogP contribution in [0.5, 0.6) is 11.5 Å². The molecule has 0 bridgehead atoms. The van der Waals surface area contributed by atoms with Gasteiger partial charge >= 0.3 is 6.03 Å². The molecule has 4 aromatic carbocycles. The zero-order valence-corrected chi connectivity index (χ0v) is 37.5. The fraction of sp³-hybridized carbons (Fsp3) is 0.319. The molecular weight excluding hydrogens is 851 g/mol. The van der Waals surface area contributed by atoms with Crippen molar-refractivity contribution >= 4 is 56.9 Å². The number of nitrogens with one attached hydrogen (secondary N) is 6. The van der Waals surface area contributed by atoms with Crippen LogP contribution < -0.4 is 40.8 Å². The summed E-state index contributed by atoms with van der Waals surface area (Å²) in [5.74, 6) is 1.08. The number of hydrogen-bond acceptors (Lipinski definition) is 12. The fourth-order valence-electron chi connectivity index (χ4n) is 7.24. The van der Waals surface area contributed by atoms with Gasteiger partial charge in [-0.1, -0.05) is 36.4 Å². The molecule has 7 rings (SSSR count). The normalized spacial score (nSPS) is 15.1. The molecule has 340 valence electrons. The third-order valence-corrected chi connectivity index (χ3v) is 12.2. The minimum atomic E-state index is -3.72. The highest BCUT2D eigenvalue weighted by Crippen LogP contribution is 2.34. The van der Waals surface area contributed by atoms with E-state index in [9.17, 15) is 27.6 Å². The Labute approximate surface area is 378 Å². The van der Waals surface area contributed by atoms with Crippen LogP contribution in [0.1, 0.15) is 79.1 Å². The molecule has 5 aromatic rings. The molecule has 18 heteroatoms. The SMILES string of the molecule is Cc1cnc(Nc2ccc(OCCCNC(=O)NCc3ccc(COc4cccc5c4CN([C@H]4CCCC(=O)NC4=O)C5=O)cc3)cc2)nc1Nc1cccc(S(=O)(=O)NC(C)(C)C)c1. The zero-order valence-electron chi connectivity index (χ0n) is 36.7. The number of urea groups is 1. The van der Waals surface area contributed by atoms with Gasteiger partial charge in [0, 0.05) is 59.3 Å². The second kappa shape index (κ2) is 20.2. The summed E-state index contributed by atoms with van der Waals surface area (Å²) in [6, 6.07) is 25.8. The molecule has 0 spiro atoms. The Bertz CT molecular complexity index is 2650. The second-order valence-electron chi connectivity index (χ2n) is 16.8. The van der Waals surface area contributed by atoms with Gasteiger partial charge in [-0.25, -0.2) is 22.9 Å². The number of anilines is 4. The fourth-order valence-corrected chi connectivity index (χ4v) is 8.70. The van der Waals surface area contributed by atoms with Crippen molar-refractivity contribution in [2.24, 2.45) is 0 Å². The Kier molecular flexibility index (Phi) is 14.3. The van der Waals surface area contributed by atoms with Crippen LogP contribution in [0.3, 0.4) is 0 Å². The van der Waals surface area contributed by atoms with Crippen LogP contribution >= 0.6 is 0 Å². The van der Waals surface area contributed by atoms with Crippen LogP contribution in [-0.2, 0) is 39.3 Å². The van der Waals surface area contributed by atoms with Crippen molar-refractivity contribution in [3.05, 3.63) is 125 Å². The van der Waals surface area contributed by atoms with E-state index in [1.807, 2.05) is 55.5 Å². The Hall–Kier alpha value is -7.05. The van der Waals surface area contributed by atoms with Gasteiger partial charge in [-0.05, 0) is 113 Å². The number of hydrogen-bond donors (Lipinski definition) is 6. The predicted molar refractivity (Wildman–Crippen MR) is 245 cm³/mol. The summed E-state index contributed by atoms with van der Waals surface area (Å²) < 4.78 is 40.4. The summed E-state index contributed by atoms with van der Waals surface area (Å²) in [5.41, 5.74) is 4.46. The molecule has 3 heterocycles. The lowest BCUT2D eigenvalue weighted by Crippen LogP contribution is -2.46. The van der Waals surface area contributed by atoms with E-state index in [-0.39, 0.29) is 42.3 Å². The molecule has 0 saturated carbocycles. The molecule has 0 radical (unpaired) electrons. The van der Waals surface area contributed by atoms with Crippen LogP contribution in [0.25, 0.3) is 0 Å². The summed E-state index contributed by atoms with van der Waals surface area (Å²) >= 11 is 0. The monoisotopic (exact) mass is 903 g/mol. The van der Waals surface area contributed by atoms with Gasteiger partial charge in [-0.3, -0.25) is 19.7 Å². The molecule has 6 N–H and O–H groups in total. The number of fused-ring (bicyclic) bond motifs is 1. The molecule has 1 saturated heterocycles. The summed E-state index contributed by atoms with van der Waals surface area (Å²) in [6.07, 6.45) is 3.47. The van der Waals surface area contributed by atoms with Crippen molar-refractivity contribution in [3.8, 4) is 11.5 Å². The first-order chi connectivity index (χ1) is 31.1. The van der Waals surface area contributed by atoms with Crippen molar-refractivity contribution in [1.29, 1.82) is 0 Å². The molecule has 2 aliphatic rings. The van der Waals surface area contributed by atoms with Gasteiger partial charge in [0.25, 0.3) is 5.91 Å². The van der Waals surface area contributed by atoms with Crippen molar-refractivity contribution in [3.63, 3.8) is 0 Å². The highest BCUT2D eigenvalue weighted by molar-refractivity contribution is 7.89. The van der Waals surface area contributed by atoms with Crippen LogP contribution in [0, 0.1) is 6.92 Å². The molecule has 65 heavy (non-hydrogen) atoms. The summed E-state index contributed by atoms with van der Waals surface area (Å²) in [5, 5.41) is 14.5. The third-order valence-electron chi connectivity index (χ3n) is 10.5. The number of benzene rings is 4. The number of carbonyl (C=O) groups excluding carboxylic acids is 4. The molecule has 17 nitrogen and oxygen atoms in total. The molecule has 0 aliphatic carbocycles. The van der Waals surface area contributed by atoms with E-state index in [0.29, 0.717) is 73.5 Å². The van der Waals surface area contributed by atoms with Crippen molar-refractivity contribution < 1.29 is 37.1 Å². The molecule has 2 aliphatic heterocycles. The van der Waals surface area contributed by atoms with Gasteiger partial charge in [-0.15, -0.1) is 0 Å². The van der Waals surface area contributed by atoms with Crippen molar-refractivity contribution in [2.75, 3.05) is 23.8 Å². The van der Waals surface area contributed by atoms with Crippen LogP contribution in [0.15, 0.2) is 102 Å². The van der Waals surface area contributed by atoms with Crippen molar-refractivity contribution in [2.45, 2.75) is 89.6 Å². The van der Waals surface area contributed by atoms with E-state index < -0.39 is 27.5 Å². The van der Waals surface area contributed by atoms with Crippen LogP contribution in [0.2, 0.25) is 0 Å². The van der Waals surface area contributed by atoms with E-state index in [1.54, 1.807) is 69.4 Å². The van der Waals surface area contributed by atoms with Gasteiger partial charge < -0.3 is 35.6 Å². The zero-order chi connectivity index (χ0) is 46.1. The summed E-state index contributed by atoms with van der Waals surface area (Å²) in [6.45, 7) is 8.83. The van der Waals surface area contributed by atoms with Crippen LogP contribution in [-0.4, -0.2) is 71.8 Å².